The zero-order valence-corrected chi connectivity index (χ0v) is 13.2. The fourth-order valence-corrected chi connectivity index (χ4v) is 2.68. The molecule has 0 radical (unpaired) electrons. The van der Waals surface area contributed by atoms with Crippen molar-refractivity contribution in [2.24, 2.45) is 5.16 Å². The number of amides is 1. The molecular weight excluding hydrogens is 342 g/mol. The topological polar surface area (TPSA) is 74.6 Å². The molecule has 1 amide bonds. The van der Waals surface area contributed by atoms with Gasteiger partial charge in [0, 0.05) is 15.4 Å². The van der Waals surface area contributed by atoms with Crippen molar-refractivity contribution < 1.29 is 10.0 Å². The van der Waals surface area contributed by atoms with Gasteiger partial charge in [0.25, 0.3) is 5.91 Å². The molecule has 2 rings (SSSR count). The summed E-state index contributed by atoms with van der Waals surface area (Å²) in [5.74, 6) is -0.219. The molecule has 1 aromatic carbocycles. The van der Waals surface area contributed by atoms with E-state index in [0.29, 0.717) is 22.1 Å². The van der Waals surface area contributed by atoms with Crippen LogP contribution in [0.4, 0.5) is 5.13 Å². The van der Waals surface area contributed by atoms with Crippen molar-refractivity contribution in [1.29, 1.82) is 0 Å². The molecule has 5 nitrogen and oxygen atoms in total. The molecule has 0 aliphatic rings. The normalized spacial score (nSPS) is 11.4. The number of carbonyl (C=O) groups excluding carboxylic acids is 1. The average Bonchev–Trinajstić information content (AvgIpc) is 2.89. The van der Waals surface area contributed by atoms with Gasteiger partial charge in [0.1, 0.15) is 11.4 Å². The van der Waals surface area contributed by atoms with Gasteiger partial charge in [0.15, 0.2) is 5.13 Å². The van der Waals surface area contributed by atoms with E-state index in [0.717, 1.165) is 10.0 Å². The van der Waals surface area contributed by atoms with Crippen LogP contribution in [0.25, 0.3) is 0 Å². The number of anilines is 1. The highest BCUT2D eigenvalue weighted by molar-refractivity contribution is 9.10. The lowest BCUT2D eigenvalue weighted by molar-refractivity contribution is 0.102. The Hall–Kier alpha value is -1.73. The first-order valence-electron chi connectivity index (χ1n) is 5.74. The Morgan fingerprint density at radius 1 is 1.50 bits per heavy atom. The van der Waals surface area contributed by atoms with Crippen LogP contribution in [0.15, 0.2) is 33.2 Å². The number of carbonyl (C=O) groups is 1. The van der Waals surface area contributed by atoms with Gasteiger partial charge in [-0.05, 0) is 31.5 Å². The number of hydrogen-bond donors (Lipinski definition) is 2. The van der Waals surface area contributed by atoms with Gasteiger partial charge >= 0.3 is 0 Å². The lowest BCUT2D eigenvalue weighted by atomic mass is 10.1. The monoisotopic (exact) mass is 353 g/mol. The van der Waals surface area contributed by atoms with Gasteiger partial charge in [0.05, 0.1) is 0 Å². The van der Waals surface area contributed by atoms with Crippen molar-refractivity contribution in [2.45, 2.75) is 13.8 Å². The van der Waals surface area contributed by atoms with E-state index in [1.807, 2.05) is 19.1 Å². The molecule has 104 valence electrons. The maximum atomic E-state index is 12.2. The summed E-state index contributed by atoms with van der Waals surface area (Å²) in [4.78, 5) is 16.4. The summed E-state index contributed by atoms with van der Waals surface area (Å²) in [5.41, 5.74) is 2.40. The number of hydrogen-bond acceptors (Lipinski definition) is 5. The molecule has 0 aliphatic heterocycles. The smallest absolute Gasteiger partial charge is 0.257 e. The van der Waals surface area contributed by atoms with Gasteiger partial charge in [-0.15, -0.1) is 11.3 Å². The lowest BCUT2D eigenvalue weighted by Gasteiger charge is -2.06. The number of nitrogens with zero attached hydrogens (tertiary/aromatic N) is 2. The largest absolute Gasteiger partial charge is 0.411 e. The van der Waals surface area contributed by atoms with Gasteiger partial charge in [0.2, 0.25) is 0 Å². The number of rotatable bonds is 3. The van der Waals surface area contributed by atoms with Crippen LogP contribution in [0.2, 0.25) is 0 Å². The minimum atomic E-state index is -0.219. The zero-order chi connectivity index (χ0) is 14.7. The number of oxime groups is 1. The van der Waals surface area contributed by atoms with Crippen LogP contribution < -0.4 is 5.32 Å². The number of thiazole rings is 1. The summed E-state index contributed by atoms with van der Waals surface area (Å²) in [6.07, 6.45) is 0. The van der Waals surface area contributed by atoms with Crippen molar-refractivity contribution in [3.63, 3.8) is 0 Å². The lowest BCUT2D eigenvalue weighted by Crippen LogP contribution is -2.13. The van der Waals surface area contributed by atoms with Crippen LogP contribution in [-0.2, 0) is 0 Å². The van der Waals surface area contributed by atoms with Crippen LogP contribution in [-0.4, -0.2) is 21.8 Å². The highest BCUT2D eigenvalue weighted by Crippen LogP contribution is 2.22. The van der Waals surface area contributed by atoms with Gasteiger partial charge in [-0.1, -0.05) is 27.2 Å². The fraction of sp³-hybridized carbons (Fsp3) is 0.154. The first-order chi connectivity index (χ1) is 9.52. The molecule has 0 aliphatic carbocycles. The molecule has 0 saturated heterocycles. The molecule has 2 aromatic rings. The molecule has 0 unspecified atom stereocenters. The fourth-order valence-electron chi connectivity index (χ4n) is 1.57. The van der Waals surface area contributed by atoms with Crippen molar-refractivity contribution >= 4 is 44.0 Å². The third-order valence-electron chi connectivity index (χ3n) is 2.76. The van der Waals surface area contributed by atoms with Crippen molar-refractivity contribution in [3.8, 4) is 0 Å². The predicted octanol–water partition coefficient (Wildman–Crippen LogP) is 3.66. The van der Waals surface area contributed by atoms with Crippen molar-refractivity contribution in [1.82, 2.24) is 4.98 Å². The molecule has 1 aromatic heterocycles. The molecule has 0 spiro atoms. The number of nitrogens with one attached hydrogen (secondary N) is 1. The van der Waals surface area contributed by atoms with Crippen LogP contribution >= 0.6 is 27.3 Å². The SMILES string of the molecule is CC(=NO)c1csc(NC(=O)c2cccc(Br)c2C)n1. The number of halogens is 1. The number of benzene rings is 1. The van der Waals surface area contributed by atoms with Gasteiger partial charge in [-0.2, -0.15) is 0 Å². The maximum absolute atomic E-state index is 12.2. The molecule has 1 heterocycles. The van der Waals surface area contributed by atoms with E-state index in [4.69, 9.17) is 5.21 Å². The van der Waals surface area contributed by atoms with Crippen LogP contribution in [0, 0.1) is 6.92 Å². The van der Waals surface area contributed by atoms with Crippen LogP contribution in [0.5, 0.6) is 0 Å². The minimum Gasteiger partial charge on any atom is -0.411 e. The number of aromatic nitrogens is 1. The Bertz CT molecular complexity index is 682. The third-order valence-corrected chi connectivity index (χ3v) is 4.37. The molecule has 0 atom stereocenters. The first-order valence-corrected chi connectivity index (χ1v) is 7.41. The Morgan fingerprint density at radius 2 is 2.25 bits per heavy atom. The zero-order valence-electron chi connectivity index (χ0n) is 10.8. The third kappa shape index (κ3) is 3.05. The quantitative estimate of drug-likeness (QED) is 0.502. The highest BCUT2D eigenvalue weighted by atomic mass is 79.9. The standard InChI is InChI=1S/C13H12BrN3O2S/c1-7-9(4-3-5-10(7)14)12(18)16-13-15-11(6-20-13)8(2)17-19/h3-6,19H,1-2H3,(H,15,16,18). The summed E-state index contributed by atoms with van der Waals surface area (Å²) < 4.78 is 0.883. The van der Waals surface area contributed by atoms with E-state index in [-0.39, 0.29) is 5.91 Å². The summed E-state index contributed by atoms with van der Waals surface area (Å²) in [7, 11) is 0. The molecule has 0 fully saturated rings. The molecule has 0 bridgehead atoms. The summed E-state index contributed by atoms with van der Waals surface area (Å²) >= 11 is 4.68. The van der Waals surface area contributed by atoms with E-state index in [1.54, 1.807) is 18.4 Å². The second kappa shape index (κ2) is 6.15. The van der Waals surface area contributed by atoms with Gasteiger partial charge in [-0.25, -0.2) is 4.98 Å². The maximum Gasteiger partial charge on any atom is 0.257 e. The Kier molecular flexibility index (Phi) is 4.51. The van der Waals surface area contributed by atoms with Crippen LogP contribution in [0.1, 0.15) is 28.5 Å². The van der Waals surface area contributed by atoms with Crippen molar-refractivity contribution in [2.75, 3.05) is 5.32 Å². The Labute approximate surface area is 128 Å². The first kappa shape index (κ1) is 14.7. The highest BCUT2D eigenvalue weighted by Gasteiger charge is 2.13. The van der Waals surface area contributed by atoms with E-state index >= 15 is 0 Å². The Morgan fingerprint density at radius 3 is 2.95 bits per heavy atom. The molecule has 7 heteroatoms. The molecule has 0 saturated carbocycles. The van der Waals surface area contributed by atoms with Gasteiger partial charge < -0.3 is 5.21 Å². The van der Waals surface area contributed by atoms with Crippen LogP contribution in [0.3, 0.4) is 0 Å². The Balaban J connectivity index is 2.20. The summed E-state index contributed by atoms with van der Waals surface area (Å²) in [6.45, 7) is 3.51. The molecule has 2 N–H and O–H groups in total. The van der Waals surface area contributed by atoms with E-state index in [1.165, 1.54) is 11.3 Å². The average molecular weight is 354 g/mol. The van der Waals surface area contributed by atoms with E-state index in [9.17, 15) is 4.79 Å². The summed E-state index contributed by atoms with van der Waals surface area (Å²) in [6, 6.07) is 5.45. The summed E-state index contributed by atoms with van der Waals surface area (Å²) in [5, 5.41) is 16.7. The predicted molar refractivity (Wildman–Crippen MR) is 82.9 cm³/mol. The van der Waals surface area contributed by atoms with E-state index in [2.05, 4.69) is 31.4 Å². The van der Waals surface area contributed by atoms with Gasteiger partial charge in [-0.3, -0.25) is 10.1 Å². The second-order valence-electron chi connectivity index (χ2n) is 4.09. The molecular formula is C13H12BrN3O2S. The van der Waals surface area contributed by atoms with E-state index < -0.39 is 0 Å². The van der Waals surface area contributed by atoms with Crippen molar-refractivity contribution in [3.05, 3.63) is 44.9 Å². The second-order valence-corrected chi connectivity index (χ2v) is 5.80. The molecule has 20 heavy (non-hydrogen) atoms. The minimum absolute atomic E-state index is 0.219.